The van der Waals surface area contributed by atoms with Crippen LogP contribution in [0.2, 0.25) is 5.02 Å². The number of phenols is 1. The second-order valence-electron chi connectivity index (χ2n) is 7.39. The third-order valence-corrected chi connectivity index (χ3v) is 5.53. The molecule has 0 bridgehead atoms. The maximum absolute atomic E-state index is 10.2. The summed E-state index contributed by atoms with van der Waals surface area (Å²) >= 11 is 6.09. The van der Waals surface area contributed by atoms with Crippen LogP contribution in [0.4, 0.5) is 5.95 Å². The number of ether oxygens (including phenoxy) is 1. The monoisotopic (exact) mass is 444 g/mol. The van der Waals surface area contributed by atoms with Gasteiger partial charge in [0.25, 0.3) is 0 Å². The Morgan fingerprint density at radius 3 is 2.56 bits per heavy atom. The number of halogens is 1. The van der Waals surface area contributed by atoms with E-state index in [1.165, 1.54) is 0 Å². The van der Waals surface area contributed by atoms with Gasteiger partial charge in [-0.15, -0.1) is 5.10 Å². The van der Waals surface area contributed by atoms with Gasteiger partial charge in [-0.1, -0.05) is 60.1 Å². The highest BCUT2D eigenvalue weighted by Gasteiger charge is 2.26. The number of fused-ring (bicyclic) bond motifs is 1. The molecule has 4 aromatic rings. The summed E-state index contributed by atoms with van der Waals surface area (Å²) in [6.45, 7) is 2.35. The third-order valence-electron chi connectivity index (χ3n) is 5.28. The Morgan fingerprint density at radius 1 is 1.03 bits per heavy atom. The fourth-order valence-corrected chi connectivity index (χ4v) is 3.85. The predicted octanol–water partition coefficient (Wildman–Crippen LogP) is 5.76. The molecule has 6 nitrogen and oxygen atoms in total. The molecular weight excluding hydrogens is 424 g/mol. The molecule has 0 spiro atoms. The minimum Gasteiger partial charge on any atom is -0.504 e. The zero-order valence-electron chi connectivity index (χ0n) is 17.4. The van der Waals surface area contributed by atoms with Crippen LogP contribution < -0.4 is 10.1 Å². The third kappa shape index (κ3) is 3.81. The van der Waals surface area contributed by atoms with Crippen molar-refractivity contribution in [1.29, 1.82) is 0 Å². The van der Waals surface area contributed by atoms with Gasteiger partial charge in [-0.3, -0.25) is 0 Å². The van der Waals surface area contributed by atoms with Crippen LogP contribution in [0.15, 0.2) is 78.9 Å². The van der Waals surface area contributed by atoms with Gasteiger partial charge >= 0.3 is 0 Å². The van der Waals surface area contributed by atoms with E-state index in [0.717, 1.165) is 22.4 Å². The first kappa shape index (κ1) is 20.2. The summed E-state index contributed by atoms with van der Waals surface area (Å²) in [5.74, 6) is 1.81. The van der Waals surface area contributed by atoms with Crippen LogP contribution >= 0.6 is 11.6 Å². The number of nitrogens with zero attached hydrogens (tertiary/aromatic N) is 3. The molecule has 2 N–H and O–H groups in total. The molecule has 0 fully saturated rings. The number of allylic oxidation sites excluding steroid dienone is 1. The maximum Gasteiger partial charge on any atom is 0.227 e. The van der Waals surface area contributed by atoms with Crippen LogP contribution in [0.5, 0.6) is 11.5 Å². The van der Waals surface area contributed by atoms with Crippen LogP contribution in [0.1, 0.15) is 24.1 Å². The maximum atomic E-state index is 10.2. The Kier molecular flexibility index (Phi) is 5.29. The Labute approximate surface area is 190 Å². The summed E-state index contributed by atoms with van der Waals surface area (Å²) in [6.07, 6.45) is 2.09. The van der Waals surface area contributed by atoms with E-state index in [4.69, 9.17) is 26.4 Å². The fraction of sp³-hybridized carbons (Fsp3) is 0.120. The molecule has 1 unspecified atom stereocenters. The van der Waals surface area contributed by atoms with Crippen molar-refractivity contribution in [3.63, 3.8) is 0 Å². The molecule has 160 valence electrons. The van der Waals surface area contributed by atoms with Gasteiger partial charge in [0, 0.05) is 16.3 Å². The molecule has 5 rings (SSSR count). The number of rotatable bonds is 5. The Hall–Kier alpha value is -3.77. The number of aromatic hydroxyl groups is 1. The molecule has 1 aliphatic rings. The van der Waals surface area contributed by atoms with Crippen molar-refractivity contribution < 1.29 is 9.84 Å². The van der Waals surface area contributed by atoms with Gasteiger partial charge in [0.05, 0.1) is 6.61 Å². The van der Waals surface area contributed by atoms with Crippen molar-refractivity contribution in [3.8, 4) is 22.9 Å². The molecule has 0 amide bonds. The van der Waals surface area contributed by atoms with Gasteiger partial charge < -0.3 is 15.2 Å². The van der Waals surface area contributed by atoms with Crippen LogP contribution in [0.25, 0.3) is 17.1 Å². The Bertz CT molecular complexity index is 1280. The molecule has 0 radical (unpaired) electrons. The molecule has 1 atom stereocenters. The molecule has 2 heterocycles. The SMILES string of the molecule is CCOc1cc(C2C=C(c3ccc(Cl)cc3)Nc3nc(-c4ccccc4)nn32)ccc1O. The molecule has 0 aliphatic carbocycles. The molecule has 0 saturated carbocycles. The van der Waals surface area contributed by atoms with Crippen molar-refractivity contribution in [2.45, 2.75) is 13.0 Å². The lowest BCUT2D eigenvalue weighted by Crippen LogP contribution is -2.20. The van der Waals surface area contributed by atoms with Gasteiger partial charge in [0.15, 0.2) is 17.3 Å². The summed E-state index contributed by atoms with van der Waals surface area (Å²) in [6, 6.07) is 22.6. The average Bonchev–Trinajstić information content (AvgIpc) is 3.25. The van der Waals surface area contributed by atoms with Crippen molar-refractivity contribution in [2.24, 2.45) is 0 Å². The molecule has 0 saturated heterocycles. The average molecular weight is 445 g/mol. The second kappa shape index (κ2) is 8.40. The van der Waals surface area contributed by atoms with Gasteiger partial charge in [0.2, 0.25) is 5.95 Å². The largest absolute Gasteiger partial charge is 0.504 e. The summed E-state index contributed by atoms with van der Waals surface area (Å²) in [7, 11) is 0. The summed E-state index contributed by atoms with van der Waals surface area (Å²) in [4.78, 5) is 4.76. The van der Waals surface area contributed by atoms with E-state index in [9.17, 15) is 5.11 Å². The van der Waals surface area contributed by atoms with Crippen molar-refractivity contribution >= 4 is 23.2 Å². The van der Waals surface area contributed by atoms with Crippen LogP contribution in [-0.2, 0) is 0 Å². The second-order valence-corrected chi connectivity index (χ2v) is 7.82. The number of hydrogen-bond donors (Lipinski definition) is 2. The lowest BCUT2D eigenvalue weighted by atomic mass is 10.0. The predicted molar refractivity (Wildman–Crippen MR) is 126 cm³/mol. The minimum absolute atomic E-state index is 0.107. The Morgan fingerprint density at radius 2 is 1.81 bits per heavy atom. The smallest absolute Gasteiger partial charge is 0.227 e. The topological polar surface area (TPSA) is 72.2 Å². The van der Waals surface area contributed by atoms with Gasteiger partial charge in [-0.25, -0.2) is 4.68 Å². The van der Waals surface area contributed by atoms with Crippen LogP contribution in [0.3, 0.4) is 0 Å². The number of hydrogen-bond acceptors (Lipinski definition) is 5. The quantitative estimate of drug-likeness (QED) is 0.409. The number of benzene rings is 3. The van der Waals surface area contributed by atoms with Gasteiger partial charge in [0.1, 0.15) is 6.04 Å². The van der Waals surface area contributed by atoms with Crippen molar-refractivity contribution in [2.75, 3.05) is 11.9 Å². The summed E-state index contributed by atoms with van der Waals surface area (Å²) in [5, 5.41) is 19.0. The number of anilines is 1. The van der Waals surface area contributed by atoms with E-state index in [0.29, 0.717) is 29.2 Å². The van der Waals surface area contributed by atoms with E-state index in [-0.39, 0.29) is 11.8 Å². The first-order chi connectivity index (χ1) is 15.6. The fourth-order valence-electron chi connectivity index (χ4n) is 3.72. The van der Waals surface area contributed by atoms with Gasteiger partial charge in [-0.05, 0) is 48.4 Å². The number of nitrogens with one attached hydrogen (secondary N) is 1. The number of aromatic nitrogens is 3. The molecular formula is C25H21ClN4O2. The lowest BCUT2D eigenvalue weighted by molar-refractivity contribution is 0.317. The Balaban J connectivity index is 1.63. The van der Waals surface area contributed by atoms with Crippen molar-refractivity contribution in [1.82, 2.24) is 14.8 Å². The highest BCUT2D eigenvalue weighted by Crippen LogP contribution is 2.37. The molecule has 7 heteroatoms. The van der Waals surface area contributed by atoms with E-state index in [2.05, 4.69) is 11.4 Å². The molecule has 32 heavy (non-hydrogen) atoms. The van der Waals surface area contributed by atoms with E-state index in [1.54, 1.807) is 6.07 Å². The first-order valence-corrected chi connectivity index (χ1v) is 10.7. The van der Waals surface area contributed by atoms with Crippen LogP contribution in [0, 0.1) is 0 Å². The summed E-state index contributed by atoms with van der Waals surface area (Å²) < 4.78 is 7.46. The summed E-state index contributed by atoms with van der Waals surface area (Å²) in [5.41, 5.74) is 3.74. The van der Waals surface area contributed by atoms with Crippen LogP contribution in [-0.4, -0.2) is 26.5 Å². The highest BCUT2D eigenvalue weighted by atomic mass is 35.5. The van der Waals surface area contributed by atoms with E-state index in [1.807, 2.05) is 78.3 Å². The molecule has 3 aromatic carbocycles. The zero-order chi connectivity index (χ0) is 22.1. The molecule has 1 aliphatic heterocycles. The normalized spacial score (nSPS) is 14.9. The zero-order valence-corrected chi connectivity index (χ0v) is 18.1. The first-order valence-electron chi connectivity index (χ1n) is 10.3. The standard InChI is InChI=1S/C25H21ClN4O2/c1-2-32-23-14-18(10-13-22(23)31)21-15-20(16-8-11-19(26)12-9-16)27-25-28-24(29-30(21)25)17-6-4-3-5-7-17/h3-15,21,31H,2H2,1H3,(H,27,28,29). The van der Waals surface area contributed by atoms with E-state index < -0.39 is 0 Å². The highest BCUT2D eigenvalue weighted by molar-refractivity contribution is 6.30. The van der Waals surface area contributed by atoms with Crippen molar-refractivity contribution in [3.05, 3.63) is 95.0 Å². The number of phenolic OH excluding ortho intramolecular Hbond substituents is 1. The lowest BCUT2D eigenvalue weighted by Gasteiger charge is -2.25. The minimum atomic E-state index is -0.248. The van der Waals surface area contributed by atoms with E-state index >= 15 is 0 Å². The van der Waals surface area contributed by atoms with Gasteiger partial charge in [-0.2, -0.15) is 4.98 Å². The molecule has 1 aromatic heterocycles.